The first-order valence-electron chi connectivity index (χ1n) is 8.96. The Kier molecular flexibility index (Phi) is 5.85. The third kappa shape index (κ3) is 4.16. The van der Waals surface area contributed by atoms with Gasteiger partial charge in [-0.1, -0.05) is 29.8 Å². The fourth-order valence-electron chi connectivity index (χ4n) is 3.06. The van der Waals surface area contributed by atoms with E-state index in [-0.39, 0.29) is 5.91 Å². The number of aromatic nitrogens is 2. The average Bonchev–Trinajstić information content (AvgIpc) is 3.17. The molecule has 0 N–H and O–H groups in total. The molecule has 0 unspecified atom stereocenters. The van der Waals surface area contributed by atoms with E-state index >= 15 is 0 Å². The van der Waals surface area contributed by atoms with E-state index in [2.05, 4.69) is 14.9 Å². The van der Waals surface area contributed by atoms with Crippen molar-refractivity contribution in [3.05, 3.63) is 75.1 Å². The third-order valence-corrected chi connectivity index (χ3v) is 5.65. The first-order valence-corrected chi connectivity index (χ1v) is 10.2. The van der Waals surface area contributed by atoms with E-state index in [4.69, 9.17) is 16.3 Å². The molecule has 4 rings (SSSR count). The van der Waals surface area contributed by atoms with E-state index in [0.29, 0.717) is 54.1 Å². The van der Waals surface area contributed by atoms with Crippen molar-refractivity contribution >= 4 is 34.7 Å². The number of amides is 1. The number of carbonyl (C=O) groups is 1. The molecule has 0 saturated carbocycles. The van der Waals surface area contributed by atoms with Crippen LogP contribution in [-0.4, -0.2) is 41.8 Å². The van der Waals surface area contributed by atoms with Crippen molar-refractivity contribution in [2.24, 2.45) is 4.99 Å². The second-order valence-corrected chi connectivity index (χ2v) is 7.58. The van der Waals surface area contributed by atoms with E-state index in [0.717, 1.165) is 5.56 Å². The van der Waals surface area contributed by atoms with Crippen LogP contribution in [-0.2, 0) is 11.3 Å². The van der Waals surface area contributed by atoms with Crippen molar-refractivity contribution in [3.8, 4) is 0 Å². The molecule has 6 nitrogen and oxygen atoms in total. The predicted octanol–water partition coefficient (Wildman–Crippen LogP) is 3.22. The van der Waals surface area contributed by atoms with Crippen LogP contribution in [0.25, 0.3) is 0 Å². The van der Waals surface area contributed by atoms with Crippen LogP contribution in [0.2, 0.25) is 5.02 Å². The Morgan fingerprint density at radius 1 is 1.21 bits per heavy atom. The van der Waals surface area contributed by atoms with Gasteiger partial charge < -0.3 is 14.2 Å². The summed E-state index contributed by atoms with van der Waals surface area (Å²) in [5.41, 5.74) is 1.48. The number of hydrogen-bond acceptors (Lipinski definition) is 5. The number of halogens is 1. The Balaban J connectivity index is 1.63. The smallest absolute Gasteiger partial charge is 0.283 e. The lowest BCUT2D eigenvalue weighted by molar-refractivity contribution is 0.0995. The fourth-order valence-corrected chi connectivity index (χ4v) is 3.98. The molecule has 1 aliphatic heterocycles. The largest absolute Gasteiger partial charge is 0.378 e. The van der Waals surface area contributed by atoms with Gasteiger partial charge in [-0.25, -0.2) is 4.98 Å². The van der Waals surface area contributed by atoms with E-state index in [1.165, 1.54) is 11.3 Å². The van der Waals surface area contributed by atoms with Crippen LogP contribution < -0.4 is 9.70 Å². The van der Waals surface area contributed by atoms with Gasteiger partial charge in [0.1, 0.15) is 5.82 Å². The second kappa shape index (κ2) is 8.68. The first-order chi connectivity index (χ1) is 13.7. The molecule has 0 atom stereocenters. The standard InChI is InChI=1S/C20H19ClN4O2S/c21-17-6-2-1-4-15(17)14-25-10-13-28-20(25)23-19(26)16-5-3-7-22-18(16)24-8-11-27-12-9-24/h1-7,10,13H,8-9,11-12,14H2. The number of rotatable bonds is 4. The number of morpholine rings is 1. The Bertz CT molecular complexity index is 1040. The van der Waals surface area contributed by atoms with Crippen molar-refractivity contribution in [2.45, 2.75) is 6.54 Å². The third-order valence-electron chi connectivity index (χ3n) is 4.48. The van der Waals surface area contributed by atoms with Crippen LogP contribution in [0.4, 0.5) is 5.82 Å². The summed E-state index contributed by atoms with van der Waals surface area (Å²) in [6.07, 6.45) is 3.61. The van der Waals surface area contributed by atoms with E-state index in [1.54, 1.807) is 18.3 Å². The van der Waals surface area contributed by atoms with Crippen LogP contribution in [0.5, 0.6) is 0 Å². The van der Waals surface area contributed by atoms with Gasteiger partial charge in [0, 0.05) is 35.9 Å². The van der Waals surface area contributed by atoms with Crippen molar-refractivity contribution in [3.63, 3.8) is 0 Å². The number of ether oxygens (including phenoxy) is 1. The number of carbonyl (C=O) groups excluding carboxylic acids is 1. The van der Waals surface area contributed by atoms with E-state index < -0.39 is 0 Å². The number of nitrogens with zero attached hydrogens (tertiary/aromatic N) is 4. The summed E-state index contributed by atoms with van der Waals surface area (Å²) in [5.74, 6) is 0.360. The molecule has 144 valence electrons. The number of pyridine rings is 1. The van der Waals surface area contributed by atoms with Crippen LogP contribution in [0.1, 0.15) is 15.9 Å². The summed E-state index contributed by atoms with van der Waals surface area (Å²) in [6, 6.07) is 11.2. The zero-order chi connectivity index (χ0) is 19.3. The van der Waals surface area contributed by atoms with E-state index in [1.807, 2.05) is 40.4 Å². The molecule has 0 spiro atoms. The number of hydrogen-bond donors (Lipinski definition) is 0. The van der Waals surface area contributed by atoms with Gasteiger partial charge in [-0.3, -0.25) is 4.79 Å². The molecule has 1 aromatic carbocycles. The quantitative estimate of drug-likeness (QED) is 0.657. The van der Waals surface area contributed by atoms with Gasteiger partial charge in [0.05, 0.1) is 25.3 Å². The monoisotopic (exact) mass is 414 g/mol. The highest BCUT2D eigenvalue weighted by atomic mass is 35.5. The molecule has 8 heteroatoms. The molecule has 1 amide bonds. The Hall–Kier alpha value is -2.48. The molecule has 2 aromatic heterocycles. The minimum atomic E-state index is -0.301. The van der Waals surface area contributed by atoms with Gasteiger partial charge in [-0.05, 0) is 23.8 Å². The summed E-state index contributed by atoms with van der Waals surface area (Å²) in [4.78, 5) is 24.4. The SMILES string of the molecule is O=C(N=c1sccn1Cc1ccccc1Cl)c1cccnc1N1CCOCC1. The Morgan fingerprint density at radius 2 is 2.04 bits per heavy atom. The van der Waals surface area contributed by atoms with Crippen LogP contribution >= 0.6 is 22.9 Å². The molecule has 3 aromatic rings. The zero-order valence-corrected chi connectivity index (χ0v) is 16.7. The molecule has 0 aliphatic carbocycles. The molecular weight excluding hydrogens is 396 g/mol. The summed E-state index contributed by atoms with van der Waals surface area (Å²) < 4.78 is 7.32. The number of anilines is 1. The van der Waals surface area contributed by atoms with Crippen molar-refractivity contribution in [1.29, 1.82) is 0 Å². The Labute approximate surface area is 171 Å². The summed E-state index contributed by atoms with van der Waals surface area (Å²) in [7, 11) is 0. The minimum absolute atomic E-state index is 0.301. The van der Waals surface area contributed by atoms with Gasteiger partial charge in [0.15, 0.2) is 4.80 Å². The maximum absolute atomic E-state index is 12.9. The topological polar surface area (TPSA) is 59.7 Å². The molecule has 28 heavy (non-hydrogen) atoms. The Morgan fingerprint density at radius 3 is 2.86 bits per heavy atom. The first kappa shape index (κ1) is 18.9. The molecule has 0 bridgehead atoms. The lowest BCUT2D eigenvalue weighted by Gasteiger charge is -2.28. The lowest BCUT2D eigenvalue weighted by Crippen LogP contribution is -2.37. The maximum atomic E-state index is 12.9. The normalized spacial score (nSPS) is 15.0. The van der Waals surface area contributed by atoms with Crippen molar-refractivity contribution < 1.29 is 9.53 Å². The van der Waals surface area contributed by atoms with Crippen molar-refractivity contribution in [2.75, 3.05) is 31.2 Å². The molecule has 0 radical (unpaired) electrons. The second-order valence-electron chi connectivity index (χ2n) is 6.30. The summed E-state index contributed by atoms with van der Waals surface area (Å²) in [5, 5.41) is 2.61. The molecular formula is C20H19ClN4O2S. The molecule has 1 aliphatic rings. The molecule has 3 heterocycles. The van der Waals surface area contributed by atoms with Crippen LogP contribution in [0.15, 0.2) is 59.2 Å². The number of benzene rings is 1. The molecule has 1 fully saturated rings. The van der Waals surface area contributed by atoms with Gasteiger partial charge in [0.2, 0.25) is 0 Å². The lowest BCUT2D eigenvalue weighted by atomic mass is 10.2. The van der Waals surface area contributed by atoms with Crippen LogP contribution in [0, 0.1) is 0 Å². The predicted molar refractivity (Wildman–Crippen MR) is 110 cm³/mol. The van der Waals surface area contributed by atoms with E-state index in [9.17, 15) is 4.79 Å². The highest BCUT2D eigenvalue weighted by molar-refractivity contribution is 7.07. The van der Waals surface area contributed by atoms with Gasteiger partial charge in [-0.2, -0.15) is 4.99 Å². The fraction of sp³-hybridized carbons (Fsp3) is 0.250. The van der Waals surface area contributed by atoms with Gasteiger partial charge >= 0.3 is 0 Å². The highest BCUT2D eigenvalue weighted by Gasteiger charge is 2.19. The highest BCUT2D eigenvalue weighted by Crippen LogP contribution is 2.19. The van der Waals surface area contributed by atoms with Crippen LogP contribution in [0.3, 0.4) is 0 Å². The maximum Gasteiger partial charge on any atom is 0.283 e. The van der Waals surface area contributed by atoms with Gasteiger partial charge in [-0.15, -0.1) is 11.3 Å². The summed E-state index contributed by atoms with van der Waals surface area (Å²) >= 11 is 7.69. The summed E-state index contributed by atoms with van der Waals surface area (Å²) in [6.45, 7) is 3.23. The van der Waals surface area contributed by atoms with Gasteiger partial charge in [0.25, 0.3) is 5.91 Å². The minimum Gasteiger partial charge on any atom is -0.378 e. The molecule has 1 saturated heterocycles. The van der Waals surface area contributed by atoms with Crippen molar-refractivity contribution in [1.82, 2.24) is 9.55 Å². The number of thiazole rings is 1. The zero-order valence-electron chi connectivity index (χ0n) is 15.1. The average molecular weight is 415 g/mol.